The molecule has 7 nitrogen and oxygen atoms in total. The van der Waals surface area contributed by atoms with Gasteiger partial charge in [-0.05, 0) is 48.6 Å². The molecule has 186 valence electrons. The quantitative estimate of drug-likeness (QED) is 0.460. The lowest BCUT2D eigenvalue weighted by atomic mass is 9.99. The van der Waals surface area contributed by atoms with Gasteiger partial charge < -0.3 is 19.5 Å². The number of amides is 2. The molecule has 1 atom stereocenters. The Bertz CT molecular complexity index is 1560. The van der Waals surface area contributed by atoms with Crippen molar-refractivity contribution in [1.29, 1.82) is 0 Å². The number of nitrogens with one attached hydrogen (secondary N) is 1. The van der Waals surface area contributed by atoms with Gasteiger partial charge in [-0.3, -0.25) is 14.4 Å². The molecule has 0 aliphatic carbocycles. The van der Waals surface area contributed by atoms with E-state index in [1.807, 2.05) is 53.1 Å². The fourth-order valence-corrected chi connectivity index (χ4v) is 5.31. The van der Waals surface area contributed by atoms with Crippen LogP contribution in [0.5, 0.6) is 5.75 Å². The number of benzene rings is 3. The van der Waals surface area contributed by atoms with Crippen molar-refractivity contribution >= 4 is 28.4 Å². The number of carbonyl (C=O) groups is 2. The van der Waals surface area contributed by atoms with Crippen molar-refractivity contribution in [2.75, 3.05) is 18.0 Å². The first-order chi connectivity index (χ1) is 18.1. The Hall–Kier alpha value is -4.39. The molecule has 0 spiro atoms. The molecule has 2 amide bonds. The summed E-state index contributed by atoms with van der Waals surface area (Å²) < 4.78 is 8.01. The van der Waals surface area contributed by atoms with Gasteiger partial charge in [0, 0.05) is 24.7 Å². The van der Waals surface area contributed by atoms with Gasteiger partial charge in [-0.25, -0.2) is 0 Å². The molecule has 0 bridgehead atoms. The first-order valence-electron chi connectivity index (χ1n) is 12.6. The number of anilines is 1. The van der Waals surface area contributed by atoms with Gasteiger partial charge in [0.1, 0.15) is 11.3 Å². The summed E-state index contributed by atoms with van der Waals surface area (Å²) in [7, 11) is 0. The molecule has 37 heavy (non-hydrogen) atoms. The molecular formula is C30H27N3O4. The third-order valence-corrected chi connectivity index (χ3v) is 7.12. The zero-order valence-electron chi connectivity index (χ0n) is 20.4. The zero-order valence-corrected chi connectivity index (χ0v) is 20.4. The summed E-state index contributed by atoms with van der Waals surface area (Å²) >= 11 is 0. The maximum Gasteiger partial charge on any atom is 0.264 e. The van der Waals surface area contributed by atoms with Gasteiger partial charge in [-0.2, -0.15) is 0 Å². The van der Waals surface area contributed by atoms with Crippen LogP contribution in [-0.2, 0) is 24.2 Å². The maximum absolute atomic E-state index is 13.9. The molecule has 1 aromatic heterocycles. The van der Waals surface area contributed by atoms with Crippen LogP contribution in [0.1, 0.15) is 27.9 Å². The van der Waals surface area contributed by atoms with E-state index in [0.717, 1.165) is 36.0 Å². The monoisotopic (exact) mass is 493 g/mol. The summed E-state index contributed by atoms with van der Waals surface area (Å²) in [5, 5.41) is 3.49. The van der Waals surface area contributed by atoms with Crippen LogP contribution in [0.4, 0.5) is 5.69 Å². The minimum absolute atomic E-state index is 0.0184. The van der Waals surface area contributed by atoms with Crippen molar-refractivity contribution in [3.63, 3.8) is 0 Å². The van der Waals surface area contributed by atoms with E-state index in [9.17, 15) is 14.4 Å². The van der Waals surface area contributed by atoms with Crippen LogP contribution in [0.2, 0.25) is 0 Å². The number of hydrogen-bond acceptors (Lipinski definition) is 4. The molecule has 4 aromatic rings. The average Bonchev–Trinajstić information content (AvgIpc) is 2.94. The lowest BCUT2D eigenvalue weighted by Gasteiger charge is -2.34. The Morgan fingerprint density at radius 1 is 0.973 bits per heavy atom. The summed E-state index contributed by atoms with van der Waals surface area (Å²) in [5.41, 5.74) is 3.53. The molecule has 2 aliphatic rings. The van der Waals surface area contributed by atoms with Gasteiger partial charge >= 0.3 is 0 Å². The van der Waals surface area contributed by atoms with E-state index in [4.69, 9.17) is 4.74 Å². The Morgan fingerprint density at radius 3 is 2.65 bits per heavy atom. The van der Waals surface area contributed by atoms with E-state index >= 15 is 0 Å². The van der Waals surface area contributed by atoms with Crippen LogP contribution >= 0.6 is 0 Å². The molecule has 0 radical (unpaired) electrons. The summed E-state index contributed by atoms with van der Waals surface area (Å²) in [6.07, 6.45) is 3.36. The molecule has 0 unspecified atom stereocenters. The summed E-state index contributed by atoms with van der Waals surface area (Å²) in [6.45, 7) is 1.22. The van der Waals surface area contributed by atoms with Crippen LogP contribution in [0.3, 0.4) is 0 Å². The third-order valence-electron chi connectivity index (χ3n) is 7.12. The summed E-state index contributed by atoms with van der Waals surface area (Å²) in [6, 6.07) is 22.7. The van der Waals surface area contributed by atoms with Gasteiger partial charge in [0.05, 0.1) is 17.7 Å². The van der Waals surface area contributed by atoms with Crippen LogP contribution in [0.15, 0.2) is 83.8 Å². The fraction of sp³-hybridized carbons (Fsp3) is 0.233. The lowest BCUT2D eigenvalue weighted by molar-refractivity contribution is -0.127. The second kappa shape index (κ2) is 9.58. The highest BCUT2D eigenvalue weighted by molar-refractivity contribution is 6.09. The van der Waals surface area contributed by atoms with Crippen molar-refractivity contribution in [3.8, 4) is 5.75 Å². The van der Waals surface area contributed by atoms with Gasteiger partial charge in [0.25, 0.3) is 11.8 Å². The number of para-hydroxylation sites is 3. The van der Waals surface area contributed by atoms with E-state index in [1.54, 1.807) is 30.5 Å². The molecule has 6 rings (SSSR count). The van der Waals surface area contributed by atoms with E-state index in [0.29, 0.717) is 29.8 Å². The SMILES string of the molecule is O=C(NCCc1ccccc1)[C@H]1CN(C(=O)c2cn3c4c(cccc4c2=O)CCC3)c2ccccc2O1. The highest BCUT2D eigenvalue weighted by Gasteiger charge is 2.35. The van der Waals surface area contributed by atoms with Crippen LogP contribution in [-0.4, -0.2) is 35.6 Å². The van der Waals surface area contributed by atoms with Crippen molar-refractivity contribution in [2.45, 2.75) is 31.9 Å². The van der Waals surface area contributed by atoms with Crippen molar-refractivity contribution in [1.82, 2.24) is 9.88 Å². The summed E-state index contributed by atoms with van der Waals surface area (Å²) in [4.78, 5) is 41.9. The third kappa shape index (κ3) is 4.27. The molecule has 1 N–H and O–H groups in total. The largest absolute Gasteiger partial charge is 0.477 e. The standard InChI is InChI=1S/C30H27N3O4/c34-28-22-12-6-10-21-11-7-17-32(27(21)22)18-23(28)30(36)33-19-26(37-25-14-5-4-13-24(25)33)29(35)31-16-15-20-8-2-1-3-9-20/h1-6,8-10,12-14,18,26H,7,11,15-17,19H2,(H,31,35)/t26-/m1/s1. The molecular weight excluding hydrogens is 466 g/mol. The topological polar surface area (TPSA) is 80.6 Å². The smallest absolute Gasteiger partial charge is 0.264 e. The Morgan fingerprint density at radius 2 is 1.78 bits per heavy atom. The molecule has 7 heteroatoms. The number of carbonyl (C=O) groups excluding carboxylic acids is 2. The maximum atomic E-state index is 13.9. The molecule has 0 fully saturated rings. The second-order valence-electron chi connectivity index (χ2n) is 9.50. The van der Waals surface area contributed by atoms with Crippen molar-refractivity contribution < 1.29 is 14.3 Å². The van der Waals surface area contributed by atoms with Crippen molar-refractivity contribution in [3.05, 3.63) is 106 Å². The number of hydrogen-bond donors (Lipinski definition) is 1. The minimum Gasteiger partial charge on any atom is -0.477 e. The normalized spacial score (nSPS) is 16.1. The number of aryl methyl sites for hydroxylation is 2. The molecule has 0 saturated carbocycles. The summed E-state index contributed by atoms with van der Waals surface area (Å²) in [5.74, 6) is -0.280. The first-order valence-corrected chi connectivity index (χ1v) is 12.6. The second-order valence-corrected chi connectivity index (χ2v) is 9.50. The van der Waals surface area contributed by atoms with Gasteiger partial charge in [-0.1, -0.05) is 54.6 Å². The average molecular weight is 494 g/mol. The van der Waals surface area contributed by atoms with Crippen LogP contribution in [0, 0.1) is 0 Å². The number of nitrogens with zero attached hydrogens (tertiary/aromatic N) is 2. The molecule has 3 aromatic carbocycles. The molecule has 2 aliphatic heterocycles. The molecule has 3 heterocycles. The number of rotatable bonds is 5. The zero-order chi connectivity index (χ0) is 25.4. The Balaban J connectivity index is 1.29. The number of fused-ring (bicyclic) bond motifs is 1. The number of pyridine rings is 1. The van der Waals surface area contributed by atoms with Crippen molar-refractivity contribution in [2.24, 2.45) is 0 Å². The number of ether oxygens (including phenoxy) is 1. The van der Waals surface area contributed by atoms with Crippen LogP contribution in [0.25, 0.3) is 10.9 Å². The van der Waals surface area contributed by atoms with Crippen LogP contribution < -0.4 is 20.4 Å². The Labute approximate surface area is 214 Å². The minimum atomic E-state index is -0.886. The van der Waals surface area contributed by atoms with Gasteiger partial charge in [0.2, 0.25) is 5.43 Å². The number of aromatic nitrogens is 1. The van der Waals surface area contributed by atoms with E-state index in [1.165, 1.54) is 4.90 Å². The molecule has 0 saturated heterocycles. The highest BCUT2D eigenvalue weighted by Crippen LogP contribution is 2.34. The Kier molecular flexibility index (Phi) is 5.96. The predicted octanol–water partition coefficient (Wildman–Crippen LogP) is 3.71. The van der Waals surface area contributed by atoms with E-state index in [2.05, 4.69) is 5.32 Å². The highest BCUT2D eigenvalue weighted by atomic mass is 16.5. The van der Waals surface area contributed by atoms with Gasteiger partial charge in [-0.15, -0.1) is 0 Å². The van der Waals surface area contributed by atoms with Gasteiger partial charge in [0.15, 0.2) is 6.10 Å². The van der Waals surface area contributed by atoms with E-state index < -0.39 is 12.0 Å². The van der Waals surface area contributed by atoms with E-state index in [-0.39, 0.29) is 23.4 Å². The first kappa shape index (κ1) is 23.0. The predicted molar refractivity (Wildman–Crippen MR) is 142 cm³/mol. The lowest BCUT2D eigenvalue weighted by Crippen LogP contribution is -2.51. The fourth-order valence-electron chi connectivity index (χ4n) is 5.31.